The third-order valence-electron chi connectivity index (χ3n) is 2.78. The Morgan fingerprint density at radius 1 is 1.39 bits per heavy atom. The predicted molar refractivity (Wildman–Crippen MR) is 76.0 cm³/mol. The van der Waals surface area contributed by atoms with Crippen LogP contribution >= 0.6 is 15.9 Å². The minimum absolute atomic E-state index is 0.594. The molecule has 18 heavy (non-hydrogen) atoms. The average molecular weight is 310 g/mol. The zero-order valence-electron chi connectivity index (χ0n) is 10.7. The standard InChI is InChI=1S/C13H16BrN3O/c1-4-17-13(12(15)9(3)16-17)18-11-7-10(14)6-5-8(11)2/h5-7H,4,15H2,1-3H3. The molecule has 0 fully saturated rings. The SMILES string of the molecule is CCn1nc(C)c(N)c1Oc1cc(Br)ccc1C. The molecule has 0 radical (unpaired) electrons. The molecule has 0 bridgehead atoms. The number of rotatable bonds is 3. The van der Waals surface area contributed by atoms with Gasteiger partial charge in [-0.2, -0.15) is 5.10 Å². The normalized spacial score (nSPS) is 10.7. The summed E-state index contributed by atoms with van der Waals surface area (Å²) in [5.74, 6) is 1.39. The number of nitrogen functional groups attached to an aromatic ring is 1. The fourth-order valence-electron chi connectivity index (χ4n) is 1.68. The van der Waals surface area contributed by atoms with Crippen molar-refractivity contribution in [2.75, 3.05) is 5.73 Å². The van der Waals surface area contributed by atoms with E-state index in [2.05, 4.69) is 21.0 Å². The molecule has 2 aromatic rings. The zero-order chi connectivity index (χ0) is 13.3. The summed E-state index contributed by atoms with van der Waals surface area (Å²) in [7, 11) is 0. The van der Waals surface area contributed by atoms with Gasteiger partial charge in [-0.15, -0.1) is 0 Å². The van der Waals surface area contributed by atoms with Crippen molar-refractivity contribution in [3.05, 3.63) is 33.9 Å². The maximum atomic E-state index is 5.99. The number of aromatic nitrogens is 2. The molecule has 1 aromatic carbocycles. The highest BCUT2D eigenvalue weighted by Crippen LogP contribution is 2.33. The molecule has 0 spiro atoms. The molecule has 1 aromatic heterocycles. The molecule has 2 rings (SSSR count). The van der Waals surface area contributed by atoms with Gasteiger partial charge < -0.3 is 10.5 Å². The van der Waals surface area contributed by atoms with Gasteiger partial charge in [-0.05, 0) is 38.5 Å². The summed E-state index contributed by atoms with van der Waals surface area (Å²) in [6.07, 6.45) is 0. The lowest BCUT2D eigenvalue weighted by Gasteiger charge is -2.10. The molecule has 96 valence electrons. The van der Waals surface area contributed by atoms with Gasteiger partial charge in [0, 0.05) is 11.0 Å². The number of nitrogens with two attached hydrogens (primary N) is 1. The molecular formula is C13H16BrN3O. The smallest absolute Gasteiger partial charge is 0.241 e. The molecule has 0 unspecified atom stereocenters. The second-order valence-corrected chi connectivity index (χ2v) is 5.05. The lowest BCUT2D eigenvalue weighted by Crippen LogP contribution is -2.01. The third kappa shape index (κ3) is 2.36. The van der Waals surface area contributed by atoms with Gasteiger partial charge in [0.25, 0.3) is 0 Å². The van der Waals surface area contributed by atoms with Crippen LogP contribution < -0.4 is 10.5 Å². The first kappa shape index (κ1) is 13.0. The van der Waals surface area contributed by atoms with Crippen molar-refractivity contribution in [3.8, 4) is 11.6 Å². The van der Waals surface area contributed by atoms with Crippen LogP contribution in [0.5, 0.6) is 11.6 Å². The van der Waals surface area contributed by atoms with Crippen LogP contribution in [0.3, 0.4) is 0 Å². The van der Waals surface area contributed by atoms with Crippen molar-refractivity contribution in [1.82, 2.24) is 9.78 Å². The number of anilines is 1. The maximum absolute atomic E-state index is 5.99. The summed E-state index contributed by atoms with van der Waals surface area (Å²) in [5, 5.41) is 4.33. The number of benzene rings is 1. The number of hydrogen-bond donors (Lipinski definition) is 1. The quantitative estimate of drug-likeness (QED) is 0.941. The van der Waals surface area contributed by atoms with E-state index in [1.165, 1.54) is 0 Å². The highest BCUT2D eigenvalue weighted by molar-refractivity contribution is 9.10. The lowest BCUT2D eigenvalue weighted by molar-refractivity contribution is 0.416. The van der Waals surface area contributed by atoms with Gasteiger partial charge in [-0.3, -0.25) is 0 Å². The average Bonchev–Trinajstić information content (AvgIpc) is 2.61. The summed E-state index contributed by atoms with van der Waals surface area (Å²) in [6, 6.07) is 5.90. The molecule has 0 saturated heterocycles. The Kier molecular flexibility index (Phi) is 3.61. The second-order valence-electron chi connectivity index (χ2n) is 4.13. The van der Waals surface area contributed by atoms with Gasteiger partial charge >= 0.3 is 0 Å². The van der Waals surface area contributed by atoms with E-state index in [4.69, 9.17) is 10.5 Å². The molecule has 1 heterocycles. The number of hydrogen-bond acceptors (Lipinski definition) is 3. The highest BCUT2D eigenvalue weighted by atomic mass is 79.9. The van der Waals surface area contributed by atoms with Crippen LogP contribution in [0, 0.1) is 13.8 Å². The number of nitrogens with zero attached hydrogens (tertiary/aromatic N) is 2. The minimum atomic E-state index is 0.594. The van der Waals surface area contributed by atoms with E-state index in [1.54, 1.807) is 4.68 Å². The van der Waals surface area contributed by atoms with Crippen LogP contribution in [0.2, 0.25) is 0 Å². The van der Waals surface area contributed by atoms with Crippen LogP contribution in [0.4, 0.5) is 5.69 Å². The van der Waals surface area contributed by atoms with Crippen LogP contribution in [0.1, 0.15) is 18.2 Å². The summed E-state index contributed by atoms with van der Waals surface area (Å²) < 4.78 is 8.65. The van der Waals surface area contributed by atoms with Crippen molar-refractivity contribution in [1.29, 1.82) is 0 Å². The Balaban J connectivity index is 2.42. The predicted octanol–water partition coefficient (Wildman–Crippen LogP) is 3.66. The molecule has 0 aliphatic heterocycles. The maximum Gasteiger partial charge on any atom is 0.241 e. The van der Waals surface area contributed by atoms with Crippen molar-refractivity contribution < 1.29 is 4.74 Å². The molecule has 0 saturated carbocycles. The summed E-state index contributed by atoms with van der Waals surface area (Å²) in [4.78, 5) is 0. The van der Waals surface area contributed by atoms with Gasteiger partial charge in [0.1, 0.15) is 11.4 Å². The highest BCUT2D eigenvalue weighted by Gasteiger charge is 2.14. The Labute approximate surface area is 115 Å². The largest absolute Gasteiger partial charge is 0.437 e. The van der Waals surface area contributed by atoms with E-state index in [-0.39, 0.29) is 0 Å². The van der Waals surface area contributed by atoms with Crippen molar-refractivity contribution >= 4 is 21.6 Å². The van der Waals surface area contributed by atoms with E-state index in [9.17, 15) is 0 Å². The number of aryl methyl sites for hydroxylation is 3. The van der Waals surface area contributed by atoms with E-state index in [0.29, 0.717) is 11.6 Å². The third-order valence-corrected chi connectivity index (χ3v) is 3.27. The van der Waals surface area contributed by atoms with E-state index in [0.717, 1.165) is 28.0 Å². The summed E-state index contributed by atoms with van der Waals surface area (Å²) >= 11 is 3.44. The first-order chi connectivity index (χ1) is 8.52. The summed E-state index contributed by atoms with van der Waals surface area (Å²) in [6.45, 7) is 6.60. The molecule has 0 aliphatic rings. The Bertz CT molecular complexity index is 578. The summed E-state index contributed by atoms with van der Waals surface area (Å²) in [5.41, 5.74) is 8.43. The topological polar surface area (TPSA) is 53.1 Å². The molecular weight excluding hydrogens is 294 g/mol. The van der Waals surface area contributed by atoms with Gasteiger partial charge in [-0.1, -0.05) is 22.0 Å². The molecule has 5 heteroatoms. The molecule has 4 nitrogen and oxygen atoms in total. The lowest BCUT2D eigenvalue weighted by atomic mass is 10.2. The van der Waals surface area contributed by atoms with Gasteiger partial charge in [0.15, 0.2) is 0 Å². The Hall–Kier alpha value is -1.49. The van der Waals surface area contributed by atoms with Crippen molar-refractivity contribution in [2.24, 2.45) is 0 Å². The molecule has 0 atom stereocenters. The first-order valence-electron chi connectivity index (χ1n) is 5.79. The fourth-order valence-corrected chi connectivity index (χ4v) is 2.02. The molecule has 0 amide bonds. The van der Waals surface area contributed by atoms with Crippen molar-refractivity contribution in [2.45, 2.75) is 27.3 Å². The molecule has 0 aliphatic carbocycles. The van der Waals surface area contributed by atoms with Crippen LogP contribution in [0.25, 0.3) is 0 Å². The zero-order valence-corrected chi connectivity index (χ0v) is 12.3. The Morgan fingerprint density at radius 3 is 2.78 bits per heavy atom. The van der Waals surface area contributed by atoms with Gasteiger partial charge in [-0.25, -0.2) is 4.68 Å². The van der Waals surface area contributed by atoms with E-state index in [1.807, 2.05) is 39.0 Å². The van der Waals surface area contributed by atoms with Gasteiger partial charge in [0.05, 0.1) is 5.69 Å². The van der Waals surface area contributed by atoms with E-state index < -0.39 is 0 Å². The van der Waals surface area contributed by atoms with Crippen molar-refractivity contribution in [3.63, 3.8) is 0 Å². The monoisotopic (exact) mass is 309 g/mol. The van der Waals surface area contributed by atoms with Crippen LogP contribution in [-0.4, -0.2) is 9.78 Å². The molecule has 2 N–H and O–H groups in total. The number of halogens is 1. The Morgan fingerprint density at radius 2 is 2.11 bits per heavy atom. The number of ether oxygens (including phenoxy) is 1. The van der Waals surface area contributed by atoms with Crippen LogP contribution in [0.15, 0.2) is 22.7 Å². The van der Waals surface area contributed by atoms with Crippen LogP contribution in [-0.2, 0) is 6.54 Å². The second kappa shape index (κ2) is 5.02. The minimum Gasteiger partial charge on any atom is -0.437 e. The van der Waals surface area contributed by atoms with E-state index >= 15 is 0 Å². The first-order valence-corrected chi connectivity index (χ1v) is 6.59. The van der Waals surface area contributed by atoms with Gasteiger partial charge in [0.2, 0.25) is 5.88 Å². The fraction of sp³-hybridized carbons (Fsp3) is 0.308.